The van der Waals surface area contributed by atoms with Gasteiger partial charge in [0, 0.05) is 30.8 Å². The fraction of sp³-hybridized carbons (Fsp3) is 0.486. The number of benzene rings is 2. The third-order valence-electron chi connectivity index (χ3n) is 7.37. The summed E-state index contributed by atoms with van der Waals surface area (Å²) < 4.78 is 11.9. The first kappa shape index (κ1) is 32.1. The third kappa shape index (κ3) is 9.60. The molecule has 5 rings (SSSR count). The molecule has 1 aliphatic heterocycles. The third-order valence-corrected chi connectivity index (χ3v) is 7.37. The molecule has 0 radical (unpaired) electrons. The summed E-state index contributed by atoms with van der Waals surface area (Å²) >= 11 is 0. The van der Waals surface area contributed by atoms with E-state index in [1.54, 1.807) is 13.3 Å². The second-order valence-electron chi connectivity index (χ2n) is 11.6. The van der Waals surface area contributed by atoms with E-state index in [1.165, 1.54) is 30.4 Å². The van der Waals surface area contributed by atoms with Crippen LogP contribution in [-0.2, 0) is 24.2 Å². The minimum absolute atomic E-state index is 0.0237. The maximum Gasteiger partial charge on any atom is 0.303 e. The monoisotopic (exact) mass is 560 g/mol. The average Bonchev–Trinajstić information content (AvgIpc) is 3.86. The van der Waals surface area contributed by atoms with Crippen molar-refractivity contribution in [3.05, 3.63) is 77.0 Å². The van der Waals surface area contributed by atoms with E-state index in [1.807, 2.05) is 38.1 Å². The molecule has 1 fully saturated rings. The van der Waals surface area contributed by atoms with E-state index in [4.69, 9.17) is 14.6 Å². The number of aliphatic carboxylic acids is 1. The minimum Gasteiger partial charge on any atom is -0.485 e. The molecule has 0 amide bonds. The highest BCUT2D eigenvalue weighted by atomic mass is 16.5. The summed E-state index contributed by atoms with van der Waals surface area (Å²) in [5.41, 5.74) is 6.80. The molecule has 2 aliphatic rings. The van der Waals surface area contributed by atoms with Gasteiger partial charge in [-0.2, -0.15) is 0 Å². The molecule has 6 nitrogen and oxygen atoms in total. The fourth-order valence-corrected chi connectivity index (χ4v) is 4.46. The number of aryl methyl sites for hydroxylation is 2. The smallest absolute Gasteiger partial charge is 0.303 e. The number of hydrogen-bond donors (Lipinski definition) is 1. The second kappa shape index (κ2) is 15.0. The van der Waals surface area contributed by atoms with Crippen molar-refractivity contribution in [2.75, 3.05) is 14.2 Å². The predicted octanol–water partition coefficient (Wildman–Crippen LogP) is 8.27. The van der Waals surface area contributed by atoms with Crippen molar-refractivity contribution in [1.82, 2.24) is 9.88 Å². The number of carbonyl (C=O) groups is 1. The summed E-state index contributed by atoms with van der Waals surface area (Å²) in [7, 11) is 3.78. The van der Waals surface area contributed by atoms with Crippen molar-refractivity contribution in [2.24, 2.45) is 0 Å². The summed E-state index contributed by atoms with van der Waals surface area (Å²) in [6, 6.07) is 16.7. The molecule has 0 saturated heterocycles. The highest BCUT2D eigenvalue weighted by Gasteiger charge is 2.24. The van der Waals surface area contributed by atoms with E-state index in [0.29, 0.717) is 12.3 Å². The molecule has 41 heavy (non-hydrogen) atoms. The molecule has 1 unspecified atom stereocenters. The Morgan fingerprint density at radius 2 is 1.80 bits per heavy atom. The number of carboxylic acids is 1. The molecule has 2 aromatic carbocycles. The van der Waals surface area contributed by atoms with Gasteiger partial charge in [-0.25, -0.2) is 4.98 Å². The Kier molecular flexibility index (Phi) is 11.8. The maximum atomic E-state index is 11.0. The molecular formula is C35H48N2O4. The molecule has 6 heteroatoms. The highest BCUT2D eigenvalue weighted by Crippen LogP contribution is 2.38. The molecule has 0 bridgehead atoms. The predicted molar refractivity (Wildman–Crippen MR) is 167 cm³/mol. The van der Waals surface area contributed by atoms with Gasteiger partial charge in [-0.3, -0.25) is 9.69 Å². The van der Waals surface area contributed by atoms with E-state index in [0.717, 1.165) is 47.4 Å². The van der Waals surface area contributed by atoms with Crippen LogP contribution >= 0.6 is 0 Å². The van der Waals surface area contributed by atoms with Crippen LogP contribution < -0.4 is 9.47 Å². The Hall–Kier alpha value is -3.38. The lowest BCUT2D eigenvalue weighted by Gasteiger charge is -2.33. The molecule has 1 saturated carbocycles. The zero-order valence-electron chi connectivity index (χ0n) is 26.0. The van der Waals surface area contributed by atoms with Crippen LogP contribution in [0.2, 0.25) is 0 Å². The topological polar surface area (TPSA) is 71.9 Å². The number of rotatable bonds is 8. The largest absolute Gasteiger partial charge is 0.485 e. The lowest BCUT2D eigenvalue weighted by Crippen LogP contribution is -2.37. The maximum absolute atomic E-state index is 11.0. The number of pyridine rings is 1. The lowest BCUT2D eigenvalue weighted by atomic mass is 9.91. The number of fused-ring (bicyclic) bond motifs is 1. The van der Waals surface area contributed by atoms with E-state index < -0.39 is 5.97 Å². The average molecular weight is 561 g/mol. The van der Waals surface area contributed by atoms with Gasteiger partial charge < -0.3 is 14.6 Å². The highest BCUT2D eigenvalue weighted by molar-refractivity contribution is 5.69. The number of ether oxygens (including phenoxy) is 2. The van der Waals surface area contributed by atoms with Crippen LogP contribution in [0, 0.1) is 0 Å². The molecule has 1 aliphatic carbocycles. The number of aromatic nitrogens is 1. The fourth-order valence-electron chi connectivity index (χ4n) is 4.46. The van der Waals surface area contributed by atoms with Crippen LogP contribution in [0.3, 0.4) is 0 Å². The summed E-state index contributed by atoms with van der Waals surface area (Å²) in [6.07, 6.45) is 8.69. The van der Waals surface area contributed by atoms with Crippen molar-refractivity contribution in [2.45, 2.75) is 97.8 Å². The normalized spacial score (nSPS) is 15.4. The van der Waals surface area contributed by atoms with Gasteiger partial charge >= 0.3 is 5.97 Å². The van der Waals surface area contributed by atoms with Crippen molar-refractivity contribution >= 4 is 5.97 Å². The first-order valence-electron chi connectivity index (χ1n) is 15.0. The molecular weight excluding hydrogens is 512 g/mol. The van der Waals surface area contributed by atoms with Gasteiger partial charge in [0.15, 0.2) is 0 Å². The Morgan fingerprint density at radius 1 is 1.07 bits per heavy atom. The SMILES string of the molecule is C1CC1.CC.COc1cc(-c2ccc(C3CCc4ccc(CCC(=O)O)cc4O3)cc2CN(C)C(C)(C)C)ccn1. The first-order chi connectivity index (χ1) is 19.6. The van der Waals surface area contributed by atoms with Crippen molar-refractivity contribution in [3.63, 3.8) is 0 Å². The molecule has 1 atom stereocenters. The first-order valence-corrected chi connectivity index (χ1v) is 15.0. The Labute approximate surface area is 246 Å². The lowest BCUT2D eigenvalue weighted by molar-refractivity contribution is -0.136. The number of nitrogens with zero attached hydrogens (tertiary/aromatic N) is 2. The van der Waals surface area contributed by atoms with E-state index in [9.17, 15) is 4.79 Å². The molecule has 3 aromatic rings. The van der Waals surface area contributed by atoms with Gasteiger partial charge in [0.05, 0.1) is 7.11 Å². The van der Waals surface area contributed by atoms with Gasteiger partial charge in [0.25, 0.3) is 0 Å². The van der Waals surface area contributed by atoms with Crippen LogP contribution in [0.25, 0.3) is 11.1 Å². The summed E-state index contributed by atoms with van der Waals surface area (Å²) in [5.74, 6) is 0.675. The van der Waals surface area contributed by atoms with Gasteiger partial charge in [-0.15, -0.1) is 0 Å². The minimum atomic E-state index is -0.786. The van der Waals surface area contributed by atoms with Crippen LogP contribution in [0.15, 0.2) is 54.7 Å². The van der Waals surface area contributed by atoms with E-state index in [-0.39, 0.29) is 18.1 Å². The number of hydrogen-bond acceptors (Lipinski definition) is 5. The quantitative estimate of drug-likeness (QED) is 0.299. The standard InChI is InChI=1S/C30H36N2O4.C3H6.C2H6/c1-30(2,3)32(4)19-24-17-23(9-11-25(24)22-14-15-31-28(18-22)35-5)26-12-10-21-8-6-20(7-13-29(33)34)16-27(21)36-26;1-2-3-1;1-2/h6,8-9,11,14-18,26H,7,10,12-13,19H2,1-5H3,(H,33,34);1-3H2;1-2H3. The summed E-state index contributed by atoms with van der Waals surface area (Å²) in [6.45, 7) is 11.4. The summed E-state index contributed by atoms with van der Waals surface area (Å²) in [4.78, 5) is 17.6. The van der Waals surface area contributed by atoms with Gasteiger partial charge in [0.2, 0.25) is 5.88 Å². The molecule has 2 heterocycles. The molecule has 1 aromatic heterocycles. The van der Waals surface area contributed by atoms with Crippen LogP contribution in [0.5, 0.6) is 11.6 Å². The zero-order chi connectivity index (χ0) is 30.0. The van der Waals surface area contributed by atoms with Crippen LogP contribution in [0.4, 0.5) is 0 Å². The van der Waals surface area contributed by atoms with Crippen LogP contribution in [-0.4, -0.2) is 40.7 Å². The van der Waals surface area contributed by atoms with Gasteiger partial charge in [-0.05, 0) is 92.6 Å². The molecule has 1 N–H and O–H groups in total. The Bertz CT molecular complexity index is 1280. The Balaban J connectivity index is 0.000000850. The Morgan fingerprint density at radius 3 is 2.44 bits per heavy atom. The van der Waals surface area contributed by atoms with Gasteiger partial charge in [-0.1, -0.05) is 63.4 Å². The van der Waals surface area contributed by atoms with Crippen molar-refractivity contribution in [1.29, 1.82) is 0 Å². The summed E-state index contributed by atoms with van der Waals surface area (Å²) in [5, 5.41) is 9.03. The van der Waals surface area contributed by atoms with Crippen LogP contribution in [0.1, 0.15) is 95.1 Å². The second-order valence-corrected chi connectivity index (χ2v) is 11.6. The van der Waals surface area contributed by atoms with Crippen molar-refractivity contribution < 1.29 is 19.4 Å². The van der Waals surface area contributed by atoms with E-state index >= 15 is 0 Å². The van der Waals surface area contributed by atoms with Gasteiger partial charge in [0.1, 0.15) is 11.9 Å². The molecule has 0 spiro atoms. The number of carboxylic acid groups (broad SMARTS) is 1. The van der Waals surface area contributed by atoms with Crippen molar-refractivity contribution in [3.8, 4) is 22.8 Å². The zero-order valence-corrected chi connectivity index (χ0v) is 26.0. The van der Waals surface area contributed by atoms with E-state index in [2.05, 4.69) is 62.0 Å². The number of methoxy groups -OCH3 is 1. The molecule has 222 valence electrons.